The number of amides is 2. The molecule has 2 saturated heterocycles. The Labute approximate surface area is 322 Å². The van der Waals surface area contributed by atoms with Crippen molar-refractivity contribution in [3.8, 4) is 23.0 Å². The molecule has 0 saturated carbocycles. The second kappa shape index (κ2) is 19.2. The van der Waals surface area contributed by atoms with E-state index < -0.39 is 27.7 Å². The van der Waals surface area contributed by atoms with Gasteiger partial charge in [-0.25, -0.2) is 0 Å². The molecule has 0 aliphatic carbocycles. The molecule has 0 aromatic heterocycles. The number of aliphatic hydroxyl groups is 1. The van der Waals surface area contributed by atoms with Gasteiger partial charge in [-0.05, 0) is 36.8 Å². The van der Waals surface area contributed by atoms with Gasteiger partial charge in [-0.2, -0.15) is 0 Å². The number of hydrogen-bond donors (Lipinski definition) is 1. The summed E-state index contributed by atoms with van der Waals surface area (Å²) in [5.41, 5.74) is 0.855. The third kappa shape index (κ3) is 9.57. The molecular formula is C40H42N4O12. The molecule has 2 fully saturated rings. The highest BCUT2D eigenvalue weighted by atomic mass is 16.6. The molecule has 2 aliphatic rings. The number of benzene rings is 4. The maximum Gasteiger partial charge on any atom is 0.286 e. The third-order valence-corrected chi connectivity index (χ3v) is 9.46. The van der Waals surface area contributed by atoms with Crippen LogP contribution in [0.4, 0.5) is 11.4 Å². The molecule has 0 unspecified atom stereocenters. The molecule has 0 spiro atoms. The number of carbonyl (C=O) groups is 3. The quantitative estimate of drug-likeness (QED) is 0.0924. The number of ether oxygens (including phenoxy) is 4. The molecular weight excluding hydrogens is 728 g/mol. The number of nitro benzene ring substituents is 2. The predicted octanol–water partition coefficient (Wildman–Crippen LogP) is 5.77. The Hall–Kier alpha value is -6.55. The van der Waals surface area contributed by atoms with Crippen molar-refractivity contribution >= 4 is 29.5 Å². The number of aldehydes is 1. The lowest BCUT2D eigenvalue weighted by Gasteiger charge is -2.23. The lowest BCUT2D eigenvalue weighted by Crippen LogP contribution is -2.37. The van der Waals surface area contributed by atoms with Gasteiger partial charge in [-0.15, -0.1) is 0 Å². The van der Waals surface area contributed by atoms with Crippen LogP contribution in [-0.4, -0.2) is 88.9 Å². The molecule has 0 bridgehead atoms. The van der Waals surface area contributed by atoms with Crippen molar-refractivity contribution in [2.75, 3.05) is 33.9 Å². The molecule has 16 heteroatoms. The average molecular weight is 771 g/mol. The topological polar surface area (TPSA) is 201 Å². The molecule has 1 N–H and O–H groups in total. The van der Waals surface area contributed by atoms with Gasteiger partial charge in [0.05, 0.1) is 54.9 Å². The molecule has 6 rings (SSSR count). The number of likely N-dealkylation sites (tertiary alicyclic amines) is 2. The number of rotatable bonds is 14. The van der Waals surface area contributed by atoms with Gasteiger partial charge in [-0.3, -0.25) is 29.8 Å². The fourth-order valence-electron chi connectivity index (χ4n) is 6.55. The van der Waals surface area contributed by atoms with Crippen LogP contribution in [-0.2, 0) is 18.0 Å². The Morgan fingerprint density at radius 3 is 1.59 bits per heavy atom. The fraction of sp³-hybridized carbons (Fsp3) is 0.325. The molecule has 2 atom stereocenters. The van der Waals surface area contributed by atoms with Crippen molar-refractivity contribution in [2.24, 2.45) is 0 Å². The third-order valence-electron chi connectivity index (χ3n) is 9.46. The van der Waals surface area contributed by atoms with Crippen LogP contribution in [0.3, 0.4) is 0 Å². The highest BCUT2D eigenvalue weighted by molar-refractivity contribution is 6.00. The van der Waals surface area contributed by atoms with Crippen molar-refractivity contribution in [2.45, 2.75) is 51.0 Å². The first kappa shape index (κ1) is 40.6. The normalized spacial score (nSPS) is 16.0. The Morgan fingerprint density at radius 2 is 1.16 bits per heavy atom. The van der Waals surface area contributed by atoms with E-state index in [0.717, 1.165) is 17.5 Å². The highest BCUT2D eigenvalue weighted by Crippen LogP contribution is 2.38. The minimum Gasteiger partial charge on any atom is -0.493 e. The van der Waals surface area contributed by atoms with Gasteiger partial charge in [0.2, 0.25) is 0 Å². The number of methoxy groups -OCH3 is 2. The van der Waals surface area contributed by atoms with Crippen LogP contribution in [0, 0.1) is 20.2 Å². The van der Waals surface area contributed by atoms with Gasteiger partial charge in [0.25, 0.3) is 23.2 Å². The second-order valence-electron chi connectivity index (χ2n) is 12.9. The smallest absolute Gasteiger partial charge is 0.286 e. The Balaban J connectivity index is 0.000000214. The molecule has 2 heterocycles. The van der Waals surface area contributed by atoms with Crippen molar-refractivity contribution in [1.82, 2.24) is 9.80 Å². The van der Waals surface area contributed by atoms with Gasteiger partial charge < -0.3 is 38.6 Å². The van der Waals surface area contributed by atoms with Crippen LogP contribution in [0.25, 0.3) is 0 Å². The number of nitrogens with zero attached hydrogens (tertiary/aromatic N) is 4. The summed E-state index contributed by atoms with van der Waals surface area (Å²) in [6.07, 6.45) is 3.35. The summed E-state index contributed by atoms with van der Waals surface area (Å²) in [7, 11) is 2.81. The van der Waals surface area contributed by atoms with Crippen LogP contribution in [0.2, 0.25) is 0 Å². The minimum atomic E-state index is -0.631. The van der Waals surface area contributed by atoms with Crippen LogP contribution in [0.1, 0.15) is 57.5 Å². The van der Waals surface area contributed by atoms with E-state index in [9.17, 15) is 39.7 Å². The lowest BCUT2D eigenvalue weighted by molar-refractivity contribution is -0.385. The van der Waals surface area contributed by atoms with Crippen molar-refractivity contribution in [3.05, 3.63) is 127 Å². The summed E-state index contributed by atoms with van der Waals surface area (Å²) in [5, 5.41) is 32.7. The highest BCUT2D eigenvalue weighted by Gasteiger charge is 2.35. The average Bonchev–Trinajstić information content (AvgIpc) is 3.92. The van der Waals surface area contributed by atoms with Crippen LogP contribution in [0.5, 0.6) is 23.0 Å². The molecule has 56 heavy (non-hydrogen) atoms. The first-order chi connectivity index (χ1) is 27.1. The fourth-order valence-corrected chi connectivity index (χ4v) is 6.55. The van der Waals surface area contributed by atoms with E-state index in [1.807, 2.05) is 60.7 Å². The van der Waals surface area contributed by atoms with Gasteiger partial charge >= 0.3 is 0 Å². The lowest BCUT2D eigenvalue weighted by atomic mass is 10.1. The van der Waals surface area contributed by atoms with Gasteiger partial charge in [0.15, 0.2) is 23.0 Å². The number of carbonyl (C=O) groups excluding carboxylic acids is 3. The van der Waals surface area contributed by atoms with E-state index in [-0.39, 0.29) is 71.4 Å². The summed E-state index contributed by atoms with van der Waals surface area (Å²) < 4.78 is 22.0. The van der Waals surface area contributed by atoms with Crippen LogP contribution < -0.4 is 18.9 Å². The van der Waals surface area contributed by atoms with Crippen molar-refractivity contribution < 1.29 is 48.3 Å². The summed E-state index contributed by atoms with van der Waals surface area (Å²) in [6, 6.07) is 22.9. The Bertz CT molecular complexity index is 2030. The first-order valence-electron chi connectivity index (χ1n) is 17.8. The second-order valence-corrected chi connectivity index (χ2v) is 12.9. The zero-order valence-electron chi connectivity index (χ0n) is 30.9. The SMILES string of the molecule is COc1cc(C(=O)N2CCC[C@H]2C=O)c([N+](=O)[O-])cc1OCc1ccccc1.COc1cc(C(=O)N2CCC[C@H]2CO)c([N+](=O)[O-])cc1OCc1ccccc1. The summed E-state index contributed by atoms with van der Waals surface area (Å²) in [5.74, 6) is -0.237. The predicted molar refractivity (Wildman–Crippen MR) is 202 cm³/mol. The zero-order chi connectivity index (χ0) is 40.2. The maximum atomic E-state index is 12.9. The minimum absolute atomic E-state index is 0.0748. The van der Waals surface area contributed by atoms with E-state index in [2.05, 4.69) is 0 Å². The summed E-state index contributed by atoms with van der Waals surface area (Å²) in [4.78, 5) is 61.8. The number of aliphatic hydroxyl groups excluding tert-OH is 1. The number of hydrogen-bond acceptors (Lipinski definition) is 12. The molecule has 294 valence electrons. The van der Waals surface area contributed by atoms with Crippen LogP contribution in [0.15, 0.2) is 84.9 Å². The van der Waals surface area contributed by atoms with E-state index in [0.29, 0.717) is 38.6 Å². The summed E-state index contributed by atoms with van der Waals surface area (Å²) >= 11 is 0. The Kier molecular flexibility index (Phi) is 13.9. The van der Waals surface area contributed by atoms with Crippen molar-refractivity contribution in [3.63, 3.8) is 0 Å². The summed E-state index contributed by atoms with van der Waals surface area (Å²) in [6.45, 7) is 1.07. The van der Waals surface area contributed by atoms with E-state index in [4.69, 9.17) is 18.9 Å². The Morgan fingerprint density at radius 1 is 0.714 bits per heavy atom. The van der Waals surface area contributed by atoms with Crippen LogP contribution >= 0.6 is 0 Å². The van der Waals surface area contributed by atoms with E-state index >= 15 is 0 Å². The van der Waals surface area contributed by atoms with Gasteiger partial charge in [0, 0.05) is 25.2 Å². The van der Waals surface area contributed by atoms with E-state index in [1.165, 1.54) is 48.3 Å². The number of nitro groups is 2. The molecule has 2 aliphatic heterocycles. The maximum absolute atomic E-state index is 12.9. The van der Waals surface area contributed by atoms with Crippen molar-refractivity contribution in [1.29, 1.82) is 0 Å². The standard InChI is InChI=1S/C20H22N2O6.C20H20N2O6/c2*1-27-18-10-16(20(24)21-9-5-8-15(21)12-23)17(22(25)26)11-19(18)28-13-14-6-3-2-4-7-14/h2-4,6-7,10-11,15,23H,5,8-9,12-13H2,1H3;2-4,6-7,10-12,15H,5,8-9,13H2,1H3/t2*15-/m00/s1. The zero-order valence-corrected chi connectivity index (χ0v) is 30.9. The molecule has 4 aromatic rings. The molecule has 2 amide bonds. The first-order valence-corrected chi connectivity index (χ1v) is 17.8. The molecule has 16 nitrogen and oxygen atoms in total. The monoisotopic (exact) mass is 770 g/mol. The largest absolute Gasteiger partial charge is 0.493 e. The molecule has 4 aromatic carbocycles. The van der Waals surface area contributed by atoms with E-state index in [1.54, 1.807) is 0 Å². The van der Waals surface area contributed by atoms with Gasteiger partial charge in [0.1, 0.15) is 30.6 Å². The molecule has 0 radical (unpaired) electrons. The van der Waals surface area contributed by atoms with Gasteiger partial charge in [-0.1, -0.05) is 60.7 Å².